The van der Waals surface area contributed by atoms with E-state index in [-0.39, 0.29) is 13.0 Å². The van der Waals surface area contributed by atoms with Gasteiger partial charge in [-0.25, -0.2) is 0 Å². The van der Waals surface area contributed by atoms with Gasteiger partial charge in [-0.1, -0.05) is 0 Å². The van der Waals surface area contributed by atoms with Gasteiger partial charge in [0.15, 0.2) is 0 Å². The molecule has 0 aliphatic heterocycles. The van der Waals surface area contributed by atoms with Crippen LogP contribution >= 0.6 is 0 Å². The molecule has 0 radical (unpaired) electrons. The Bertz CT molecular complexity index is 269. The minimum Gasteiger partial charge on any atom is -0.469 e. The molecule has 0 spiro atoms. The second-order valence-electron chi connectivity index (χ2n) is 3.33. The van der Waals surface area contributed by atoms with E-state index in [0.29, 0.717) is 0 Å². The summed E-state index contributed by atoms with van der Waals surface area (Å²) < 4.78 is 39.7. The standard InChI is InChI=1S/C9H15F3N2O3/c1-6(13-4-3-7(15)17-2)8(16)14-5-9(10,11)12/h6,13H,3-5H2,1-2H3,(H,14,16). The van der Waals surface area contributed by atoms with Crippen LogP contribution in [0, 0.1) is 0 Å². The molecule has 2 N–H and O–H groups in total. The molecular formula is C9H15F3N2O3. The Morgan fingerprint density at radius 2 is 1.94 bits per heavy atom. The van der Waals surface area contributed by atoms with Gasteiger partial charge in [0.05, 0.1) is 19.6 Å². The molecule has 0 rings (SSSR count). The number of halogens is 3. The molecule has 17 heavy (non-hydrogen) atoms. The van der Waals surface area contributed by atoms with Crippen LogP contribution in [0.3, 0.4) is 0 Å². The first-order valence-corrected chi connectivity index (χ1v) is 4.91. The van der Waals surface area contributed by atoms with Gasteiger partial charge in [0.1, 0.15) is 6.54 Å². The largest absolute Gasteiger partial charge is 0.469 e. The van der Waals surface area contributed by atoms with Crippen LogP contribution in [0.2, 0.25) is 0 Å². The van der Waals surface area contributed by atoms with Gasteiger partial charge in [0.25, 0.3) is 0 Å². The molecule has 1 atom stereocenters. The molecule has 0 aliphatic carbocycles. The van der Waals surface area contributed by atoms with E-state index in [9.17, 15) is 22.8 Å². The lowest BCUT2D eigenvalue weighted by Gasteiger charge is -2.14. The number of rotatable bonds is 6. The average Bonchev–Trinajstić information content (AvgIpc) is 2.24. The summed E-state index contributed by atoms with van der Waals surface area (Å²) in [5.41, 5.74) is 0. The molecule has 0 aliphatic rings. The van der Waals surface area contributed by atoms with E-state index in [1.165, 1.54) is 14.0 Å². The summed E-state index contributed by atoms with van der Waals surface area (Å²) >= 11 is 0. The van der Waals surface area contributed by atoms with Crippen molar-refractivity contribution in [2.24, 2.45) is 0 Å². The number of ether oxygens (including phenoxy) is 1. The Kier molecular flexibility index (Phi) is 6.55. The second-order valence-corrected chi connectivity index (χ2v) is 3.33. The lowest BCUT2D eigenvalue weighted by molar-refractivity contribution is -0.141. The molecule has 0 bridgehead atoms. The third-order valence-electron chi connectivity index (χ3n) is 1.86. The predicted octanol–water partition coefficient (Wildman–Crippen LogP) is 0.206. The number of hydrogen-bond acceptors (Lipinski definition) is 4. The third-order valence-corrected chi connectivity index (χ3v) is 1.86. The highest BCUT2D eigenvalue weighted by Gasteiger charge is 2.28. The van der Waals surface area contributed by atoms with Crippen LogP contribution in [0.1, 0.15) is 13.3 Å². The average molecular weight is 256 g/mol. The van der Waals surface area contributed by atoms with Crippen molar-refractivity contribution in [3.05, 3.63) is 0 Å². The van der Waals surface area contributed by atoms with E-state index in [1.807, 2.05) is 0 Å². The van der Waals surface area contributed by atoms with E-state index in [4.69, 9.17) is 0 Å². The van der Waals surface area contributed by atoms with Gasteiger partial charge in [-0.2, -0.15) is 13.2 Å². The Labute approximate surface area is 96.7 Å². The van der Waals surface area contributed by atoms with E-state index < -0.39 is 30.6 Å². The fourth-order valence-corrected chi connectivity index (χ4v) is 0.926. The van der Waals surface area contributed by atoms with Crippen LogP contribution in [0.25, 0.3) is 0 Å². The maximum absolute atomic E-state index is 11.8. The first kappa shape index (κ1) is 15.7. The molecule has 0 saturated carbocycles. The minimum atomic E-state index is -4.43. The number of methoxy groups -OCH3 is 1. The molecule has 8 heteroatoms. The molecule has 0 aromatic carbocycles. The van der Waals surface area contributed by atoms with Crippen molar-refractivity contribution in [1.82, 2.24) is 10.6 Å². The minimum absolute atomic E-state index is 0.0490. The molecule has 0 aromatic rings. The maximum Gasteiger partial charge on any atom is 0.405 e. The van der Waals surface area contributed by atoms with Crippen molar-refractivity contribution in [1.29, 1.82) is 0 Å². The highest BCUT2D eigenvalue weighted by atomic mass is 19.4. The van der Waals surface area contributed by atoms with Crippen molar-refractivity contribution < 1.29 is 27.5 Å². The molecule has 0 aromatic heterocycles. The van der Waals surface area contributed by atoms with Crippen LogP contribution < -0.4 is 10.6 Å². The van der Waals surface area contributed by atoms with Crippen LogP contribution in [-0.2, 0) is 14.3 Å². The van der Waals surface area contributed by atoms with Crippen molar-refractivity contribution in [2.75, 3.05) is 20.2 Å². The Morgan fingerprint density at radius 1 is 1.35 bits per heavy atom. The first-order valence-electron chi connectivity index (χ1n) is 4.91. The summed E-state index contributed by atoms with van der Waals surface area (Å²) in [6, 6.07) is -0.804. The highest BCUT2D eigenvalue weighted by Crippen LogP contribution is 2.12. The van der Waals surface area contributed by atoms with E-state index in [0.717, 1.165) is 0 Å². The number of esters is 1. The fourth-order valence-electron chi connectivity index (χ4n) is 0.926. The quantitative estimate of drug-likeness (QED) is 0.666. The van der Waals surface area contributed by atoms with Crippen LogP contribution in [-0.4, -0.2) is 44.3 Å². The van der Waals surface area contributed by atoms with Crippen molar-refractivity contribution >= 4 is 11.9 Å². The zero-order chi connectivity index (χ0) is 13.5. The van der Waals surface area contributed by atoms with Crippen LogP contribution in [0.4, 0.5) is 13.2 Å². The van der Waals surface area contributed by atoms with Crippen LogP contribution in [0.15, 0.2) is 0 Å². The molecule has 1 amide bonds. The highest BCUT2D eigenvalue weighted by molar-refractivity contribution is 5.81. The van der Waals surface area contributed by atoms with Gasteiger partial charge in [0, 0.05) is 6.54 Å². The monoisotopic (exact) mass is 256 g/mol. The number of hydrogen-bond donors (Lipinski definition) is 2. The summed E-state index contributed by atoms with van der Waals surface area (Å²) in [5.74, 6) is -1.23. The summed E-state index contributed by atoms with van der Waals surface area (Å²) in [6.07, 6.45) is -4.38. The number of nitrogens with one attached hydrogen (secondary N) is 2. The molecule has 1 unspecified atom stereocenters. The summed E-state index contributed by atoms with van der Waals surface area (Å²) in [4.78, 5) is 21.9. The van der Waals surface area contributed by atoms with E-state index in [1.54, 1.807) is 5.32 Å². The fraction of sp³-hybridized carbons (Fsp3) is 0.778. The SMILES string of the molecule is COC(=O)CCNC(C)C(=O)NCC(F)(F)F. The van der Waals surface area contributed by atoms with Crippen molar-refractivity contribution in [3.63, 3.8) is 0 Å². The zero-order valence-corrected chi connectivity index (χ0v) is 9.56. The Hall–Kier alpha value is -1.31. The smallest absolute Gasteiger partial charge is 0.405 e. The number of amides is 1. The van der Waals surface area contributed by atoms with E-state index >= 15 is 0 Å². The van der Waals surface area contributed by atoms with Gasteiger partial charge >= 0.3 is 12.1 Å². The van der Waals surface area contributed by atoms with Gasteiger partial charge in [0.2, 0.25) is 5.91 Å². The molecule has 0 fully saturated rings. The predicted molar refractivity (Wildman–Crippen MR) is 53.2 cm³/mol. The number of alkyl halides is 3. The summed E-state index contributed by atoms with van der Waals surface area (Å²) in [7, 11) is 1.22. The molecule has 100 valence electrons. The van der Waals surface area contributed by atoms with Crippen LogP contribution in [0.5, 0.6) is 0 Å². The number of carbonyl (C=O) groups excluding carboxylic acids is 2. The third kappa shape index (κ3) is 8.49. The zero-order valence-electron chi connectivity index (χ0n) is 9.56. The molecule has 0 heterocycles. The molecule has 5 nitrogen and oxygen atoms in total. The van der Waals surface area contributed by atoms with Crippen molar-refractivity contribution in [2.45, 2.75) is 25.6 Å². The molecule has 0 saturated heterocycles. The van der Waals surface area contributed by atoms with Crippen molar-refractivity contribution in [3.8, 4) is 0 Å². The van der Waals surface area contributed by atoms with Gasteiger partial charge in [-0.15, -0.1) is 0 Å². The lowest BCUT2D eigenvalue weighted by Crippen LogP contribution is -2.45. The molecular weight excluding hydrogens is 241 g/mol. The van der Waals surface area contributed by atoms with E-state index in [2.05, 4.69) is 10.1 Å². The summed E-state index contributed by atoms with van der Waals surface area (Å²) in [6.45, 7) is 0.200. The normalized spacial score (nSPS) is 13.0. The maximum atomic E-state index is 11.8. The Morgan fingerprint density at radius 3 is 2.41 bits per heavy atom. The lowest BCUT2D eigenvalue weighted by atomic mass is 10.3. The second kappa shape index (κ2) is 7.10. The van der Waals surface area contributed by atoms with Gasteiger partial charge in [-0.05, 0) is 6.92 Å². The first-order chi connectivity index (χ1) is 7.76. The van der Waals surface area contributed by atoms with Gasteiger partial charge in [-0.3, -0.25) is 9.59 Å². The number of carbonyl (C=O) groups is 2. The Balaban J connectivity index is 3.79. The summed E-state index contributed by atoms with van der Waals surface area (Å²) in [5, 5.41) is 4.34. The topological polar surface area (TPSA) is 67.4 Å². The van der Waals surface area contributed by atoms with Gasteiger partial charge < -0.3 is 15.4 Å².